The molecule has 0 radical (unpaired) electrons. The van der Waals surface area contributed by atoms with Gasteiger partial charge >= 0.3 is 5.97 Å². The number of hydrogen-bond donors (Lipinski definition) is 3. The summed E-state index contributed by atoms with van der Waals surface area (Å²) in [5.41, 5.74) is 5.19. The minimum Gasteiger partial charge on any atom is -0.477 e. The number of thioether (sulfide) groups is 1. The molecule has 3 rings (SSSR count). The van der Waals surface area contributed by atoms with E-state index < -0.39 is 29.2 Å². The number of carbonyl (C=O) groups excluding carboxylic acids is 2. The number of carboxylic acids is 1. The average molecular weight is 384 g/mol. The van der Waals surface area contributed by atoms with E-state index >= 15 is 0 Å². The van der Waals surface area contributed by atoms with E-state index in [-0.39, 0.29) is 22.4 Å². The number of amides is 2. The predicted molar refractivity (Wildman–Crippen MR) is 88.6 cm³/mol. The van der Waals surface area contributed by atoms with Gasteiger partial charge in [-0.05, 0) is 6.08 Å². The first kappa shape index (κ1) is 17.2. The smallest absolute Gasteiger partial charge is 0.352 e. The first-order valence-corrected chi connectivity index (χ1v) is 8.66. The summed E-state index contributed by atoms with van der Waals surface area (Å²) in [5.74, 6) is -2.02. The number of aromatic nitrogens is 2. The van der Waals surface area contributed by atoms with Crippen LogP contribution < -0.4 is 11.1 Å². The summed E-state index contributed by atoms with van der Waals surface area (Å²) < 4.78 is 3.89. The maximum atomic E-state index is 12.4. The van der Waals surface area contributed by atoms with Crippen LogP contribution in [0, 0.1) is 0 Å². The molecule has 0 saturated carbocycles. The molecule has 0 bridgehead atoms. The van der Waals surface area contributed by atoms with Gasteiger partial charge in [0, 0.05) is 17.3 Å². The van der Waals surface area contributed by atoms with Crippen molar-refractivity contribution in [3.05, 3.63) is 17.6 Å². The van der Waals surface area contributed by atoms with E-state index in [1.165, 1.54) is 24.9 Å². The normalized spacial score (nSPS) is 22.6. The molecule has 2 atom stereocenters. The second-order valence-corrected chi connectivity index (χ2v) is 6.79. The molecule has 0 unspecified atom stereocenters. The first-order valence-electron chi connectivity index (χ1n) is 6.83. The number of fused-ring (bicyclic) bond motifs is 1. The van der Waals surface area contributed by atoms with Crippen molar-refractivity contribution in [1.82, 2.24) is 19.6 Å². The Bertz CT molecular complexity index is 806. The van der Waals surface area contributed by atoms with Crippen LogP contribution in [-0.2, 0) is 19.2 Å². The van der Waals surface area contributed by atoms with Gasteiger partial charge in [-0.15, -0.1) is 11.8 Å². The predicted octanol–water partition coefficient (Wildman–Crippen LogP) is -1.16. The van der Waals surface area contributed by atoms with Gasteiger partial charge in [0.25, 0.3) is 11.8 Å². The maximum Gasteiger partial charge on any atom is 0.352 e. The summed E-state index contributed by atoms with van der Waals surface area (Å²) in [4.78, 5) is 45.5. The van der Waals surface area contributed by atoms with Gasteiger partial charge in [0.1, 0.15) is 24.2 Å². The van der Waals surface area contributed by atoms with Crippen LogP contribution in [0.25, 0.3) is 0 Å². The molecule has 0 spiro atoms. The molecule has 2 aliphatic rings. The minimum absolute atomic E-state index is 0.0205. The van der Waals surface area contributed by atoms with Crippen LogP contribution in [0.1, 0.15) is 5.82 Å². The average Bonchev–Trinajstić information content (AvgIpc) is 3.02. The zero-order chi connectivity index (χ0) is 18.1. The Morgan fingerprint density at radius 2 is 2.32 bits per heavy atom. The molecule has 1 saturated heterocycles. The third-order valence-corrected chi connectivity index (χ3v) is 5.13. The number of oxime groups is 1. The van der Waals surface area contributed by atoms with Gasteiger partial charge < -0.3 is 21.0 Å². The molecular weight excluding hydrogens is 372 g/mol. The van der Waals surface area contributed by atoms with E-state index in [0.717, 1.165) is 16.4 Å². The fourth-order valence-electron chi connectivity index (χ4n) is 2.35. The molecule has 1 aromatic rings. The highest BCUT2D eigenvalue weighted by Crippen LogP contribution is 2.37. The number of hydrogen-bond acceptors (Lipinski definition) is 10. The first-order chi connectivity index (χ1) is 11.9. The zero-order valence-corrected chi connectivity index (χ0v) is 14.3. The van der Waals surface area contributed by atoms with E-state index in [9.17, 15) is 14.4 Å². The number of nitrogens with one attached hydrogen (secondary N) is 1. The van der Waals surface area contributed by atoms with Gasteiger partial charge in [-0.2, -0.15) is 9.36 Å². The van der Waals surface area contributed by atoms with Crippen molar-refractivity contribution >= 4 is 51.9 Å². The van der Waals surface area contributed by atoms with Crippen LogP contribution in [0.3, 0.4) is 0 Å². The van der Waals surface area contributed by atoms with Crippen molar-refractivity contribution in [2.75, 3.05) is 18.6 Å². The molecule has 13 heteroatoms. The highest BCUT2D eigenvalue weighted by molar-refractivity contribution is 8.00. The summed E-state index contributed by atoms with van der Waals surface area (Å²) in [6.07, 6.45) is 1.46. The number of nitrogen functional groups attached to an aromatic ring is 1. The fraction of sp³-hybridized carbons (Fsp3) is 0.333. The van der Waals surface area contributed by atoms with Crippen LogP contribution in [0.2, 0.25) is 0 Å². The Labute approximate surface area is 149 Å². The van der Waals surface area contributed by atoms with Crippen LogP contribution in [0.15, 0.2) is 16.9 Å². The van der Waals surface area contributed by atoms with Crippen LogP contribution in [0.4, 0.5) is 5.13 Å². The van der Waals surface area contributed by atoms with E-state index in [2.05, 4.69) is 24.7 Å². The lowest BCUT2D eigenvalue weighted by atomic mass is 10.0. The lowest BCUT2D eigenvalue weighted by Crippen LogP contribution is -2.70. The molecule has 0 aliphatic carbocycles. The molecule has 1 fully saturated rings. The van der Waals surface area contributed by atoms with Crippen LogP contribution >= 0.6 is 23.3 Å². The summed E-state index contributed by atoms with van der Waals surface area (Å²) in [6.45, 7) is 0. The second-order valence-electron chi connectivity index (χ2n) is 4.86. The summed E-state index contributed by atoms with van der Waals surface area (Å²) in [7, 11) is 1.25. The minimum atomic E-state index is -1.19. The zero-order valence-electron chi connectivity index (χ0n) is 12.7. The number of rotatable bonds is 5. The topological polar surface area (TPSA) is 160 Å². The van der Waals surface area contributed by atoms with Crippen molar-refractivity contribution in [2.24, 2.45) is 5.16 Å². The highest BCUT2D eigenvalue weighted by Gasteiger charge is 2.53. The summed E-state index contributed by atoms with van der Waals surface area (Å²) >= 11 is 2.23. The molecule has 2 aliphatic heterocycles. The molecule has 25 heavy (non-hydrogen) atoms. The second kappa shape index (κ2) is 6.68. The Balaban J connectivity index is 1.75. The Kier molecular flexibility index (Phi) is 4.59. The monoisotopic (exact) mass is 384 g/mol. The number of carbonyl (C=O) groups is 3. The van der Waals surface area contributed by atoms with Gasteiger partial charge in [0.15, 0.2) is 5.13 Å². The number of anilines is 1. The Morgan fingerprint density at radius 3 is 2.92 bits per heavy atom. The quantitative estimate of drug-likeness (QED) is 0.323. The molecule has 2 amide bonds. The Morgan fingerprint density at radius 1 is 1.56 bits per heavy atom. The van der Waals surface area contributed by atoms with E-state index in [0.29, 0.717) is 5.75 Å². The highest BCUT2D eigenvalue weighted by atomic mass is 32.2. The van der Waals surface area contributed by atoms with Crippen molar-refractivity contribution < 1.29 is 24.3 Å². The van der Waals surface area contributed by atoms with Crippen LogP contribution in [0.5, 0.6) is 0 Å². The molecule has 11 nitrogen and oxygen atoms in total. The molecule has 4 N–H and O–H groups in total. The third-order valence-electron chi connectivity index (χ3n) is 3.40. The fourth-order valence-corrected chi connectivity index (χ4v) is 3.98. The van der Waals surface area contributed by atoms with Gasteiger partial charge in [-0.1, -0.05) is 5.16 Å². The van der Waals surface area contributed by atoms with E-state index in [1.54, 1.807) is 0 Å². The molecule has 132 valence electrons. The number of nitrogens with two attached hydrogens (primary N) is 1. The summed E-state index contributed by atoms with van der Waals surface area (Å²) in [5, 5.41) is 14.9. The number of nitrogens with zero attached hydrogens (tertiary/aromatic N) is 4. The van der Waals surface area contributed by atoms with E-state index in [1.807, 2.05) is 0 Å². The maximum absolute atomic E-state index is 12.4. The standard InChI is InChI=1S/C12H12N6O5S2/c1-23-16-5(7-15-12(13)25-17-7)8(19)14-6-9(20)18-4(11(21)22)2-3-24-10(6)18/h2,6,10H,3H2,1H3,(H,14,19)(H,21,22)(H2,13,15,17)/t6-,10-/m1/s1. The van der Waals surface area contributed by atoms with E-state index in [4.69, 9.17) is 10.8 Å². The van der Waals surface area contributed by atoms with Gasteiger partial charge in [-0.3, -0.25) is 14.5 Å². The lowest BCUT2D eigenvalue weighted by Gasteiger charge is -2.48. The Hall–Kier alpha value is -2.67. The number of aliphatic carboxylic acids is 1. The van der Waals surface area contributed by atoms with Crippen LogP contribution in [-0.4, -0.2) is 67.1 Å². The number of β-lactam (4-membered cyclic amide) rings is 1. The van der Waals surface area contributed by atoms with Crippen molar-refractivity contribution in [2.45, 2.75) is 11.4 Å². The molecule has 0 aromatic carbocycles. The van der Waals surface area contributed by atoms with Gasteiger partial charge in [0.2, 0.25) is 11.5 Å². The molecule has 1 aromatic heterocycles. The summed E-state index contributed by atoms with van der Waals surface area (Å²) in [6, 6.07) is -0.876. The number of carboxylic acid groups (broad SMARTS) is 1. The largest absolute Gasteiger partial charge is 0.477 e. The third kappa shape index (κ3) is 3.02. The molecule has 3 heterocycles. The molecular formula is C12H12N6O5S2. The van der Waals surface area contributed by atoms with Crippen molar-refractivity contribution in [3.63, 3.8) is 0 Å². The van der Waals surface area contributed by atoms with Gasteiger partial charge in [-0.25, -0.2) is 4.79 Å². The SMILES string of the molecule is CON=C(C(=O)N[C@@H]1C(=O)N2C(C(=O)O)=CCS[C@H]12)c1nsc(N)n1. The lowest BCUT2D eigenvalue weighted by molar-refractivity contribution is -0.150. The van der Waals surface area contributed by atoms with Crippen molar-refractivity contribution in [3.8, 4) is 0 Å². The van der Waals surface area contributed by atoms with Gasteiger partial charge in [0.05, 0.1) is 0 Å². The van der Waals surface area contributed by atoms with Crippen molar-refractivity contribution in [1.29, 1.82) is 0 Å².